The smallest absolute Gasteiger partial charge is 0.0945 e. The molecular weight excluding hydrogens is 1560 g/mol. The maximum atomic E-state index is 8.61. The molecule has 0 spiro atoms. The molecule has 744 valence electrons. The van der Waals surface area contributed by atoms with Gasteiger partial charge in [-0.05, 0) is 248 Å². The summed E-state index contributed by atoms with van der Waals surface area (Å²) in [6.45, 7) is 45.7. The predicted octanol–water partition coefficient (Wildman–Crippen LogP) is -6.53. The van der Waals surface area contributed by atoms with Crippen molar-refractivity contribution in [1.29, 1.82) is 0 Å². The first-order valence-corrected chi connectivity index (χ1v) is 45.9. The third kappa shape index (κ3) is 143. The lowest BCUT2D eigenvalue weighted by atomic mass is 10.1. The van der Waals surface area contributed by atoms with E-state index in [2.05, 4.69) is 69.7 Å². The number of hydrogen-bond acceptors (Lipinski definition) is 38. The molecule has 2 aromatic heterocycles. The van der Waals surface area contributed by atoms with Crippen molar-refractivity contribution in [3.8, 4) is 0 Å². The highest BCUT2D eigenvalue weighted by Gasteiger charge is 2.10. The van der Waals surface area contributed by atoms with E-state index in [0.29, 0.717) is 78.7 Å². The molecule has 40 heteroatoms. The highest BCUT2D eigenvalue weighted by atomic mass is 16.5. The zero-order chi connectivity index (χ0) is 93.4. The third-order valence-electron chi connectivity index (χ3n) is 16.9. The lowest BCUT2D eigenvalue weighted by molar-refractivity contribution is 0.0377. The third-order valence-corrected chi connectivity index (χ3v) is 16.9. The molecule has 0 aliphatic carbocycles. The number of imidazole rings is 2. The van der Waals surface area contributed by atoms with Crippen LogP contribution in [0.5, 0.6) is 0 Å². The number of nitrogens with two attached hydrogens (primary N) is 17. The van der Waals surface area contributed by atoms with E-state index in [1.165, 1.54) is 45.2 Å². The molecule has 0 aromatic carbocycles. The number of rotatable bonds is 56. The standard InChI is InChI=1S/C7H19N3.C7H18N2O2.C7H16N2O.C7H16N2.C7H18N2.C7H17NO2.C6H11N3.C6H16N2O2.C6H14N2O.C5H9N3.C5H13NO.C4H12N2.2C3H10N2.C2H8N2/c8-4-2-1-3-6-10-7-5-9;8-2-1-3-9(4-6-10)5-7-11;8-2-1-3-9-4-6-10-7-5-9;8-4-7-9-5-2-1-3-6-9;1-3-9(4-2)7-5-6-8;9-6-3-1-2-4-8-5-7-10;7-2-1-4-9-5-3-8-6-9;7-1-2-8(3-5-9)4-6-10;7-1-2-8-3-5-9-6-4-8;6-2-1-5-3-7-4-8-5;6-4-2-1-3-5-7;1-6-4-2-3-5;1-5-3-2-4;4-2-1-3-5;3-1-2-4/h10H,1-9H2;10-11H,1-8H2;1-8H2;1-8H2;3-8H2,1-2H3;8-10H,1-7H2;3,5-6H,1-2,4,7H2;9-10H,1-7H2;1-7H2;3-4H,1-2,6H2,(H,7,8);7H,1-6H2;6H,2-5H2,1H3;5H,2-4H2,1H3;1-5H2;1-4H2. The molecule has 46 N–H and O–H groups in total. The Morgan fingerprint density at radius 3 is 1.10 bits per heavy atom. The number of nitrogens with zero attached hydrogens (tertiary/aromatic N) is 9. The number of aliphatic hydroxyl groups is 7. The number of morpholine rings is 2. The number of H-pyrrole nitrogens is 1. The van der Waals surface area contributed by atoms with E-state index in [0.717, 1.165) is 318 Å². The number of aromatic amines is 1. The minimum Gasteiger partial charge on any atom is -0.396 e. The Balaban J connectivity index is -0.000000139. The molecular formula is C82H207N31O9. The SMILES string of the molecule is CCN(CC)CCCN.CNCCCN.CNCCN.NCCCCCNCCN.NCCCCCO.NCCCN.NCCCN(CCO)CCO.NCCCN1CCOCC1.NCCCn1ccnc1.NCCN.NCCN(CCO)CCO.NCCN1CCCCC1.NCCN1CCOCC1.NCCc1cnc[nH]1.OCCCCCNCCO. The van der Waals surface area contributed by atoms with Crippen LogP contribution in [0.2, 0.25) is 0 Å². The second-order valence-electron chi connectivity index (χ2n) is 27.6. The van der Waals surface area contributed by atoms with E-state index in [9.17, 15) is 0 Å². The van der Waals surface area contributed by atoms with Gasteiger partial charge in [-0.15, -0.1) is 0 Å². The number of hydrogen-bond donors (Lipinski definition) is 29. The summed E-state index contributed by atoms with van der Waals surface area (Å²) in [4.78, 5) is 24.1. The van der Waals surface area contributed by atoms with Crippen molar-refractivity contribution < 1.29 is 45.2 Å². The van der Waals surface area contributed by atoms with Gasteiger partial charge in [-0.3, -0.25) is 19.6 Å². The van der Waals surface area contributed by atoms with Crippen LogP contribution in [0.3, 0.4) is 0 Å². The highest BCUT2D eigenvalue weighted by Crippen LogP contribution is 2.07. The fraction of sp³-hybridized carbons (Fsp3) is 0.927. The lowest BCUT2D eigenvalue weighted by Gasteiger charge is -2.26. The number of unbranched alkanes of at least 4 members (excludes halogenated alkanes) is 6. The monoisotopic (exact) mass is 1770 g/mol. The summed E-state index contributed by atoms with van der Waals surface area (Å²) >= 11 is 0. The quantitative estimate of drug-likeness (QED) is 0.0274. The molecule has 3 saturated heterocycles. The Morgan fingerprint density at radius 2 is 0.762 bits per heavy atom. The Labute approximate surface area is 744 Å². The second-order valence-corrected chi connectivity index (χ2v) is 27.6. The van der Waals surface area contributed by atoms with Crippen LogP contribution in [-0.2, 0) is 22.4 Å². The summed E-state index contributed by atoms with van der Waals surface area (Å²) in [5.74, 6) is 0. The van der Waals surface area contributed by atoms with Crippen LogP contribution in [0.25, 0.3) is 0 Å². The predicted molar refractivity (Wildman–Crippen MR) is 516 cm³/mol. The first-order chi connectivity index (χ1) is 59.6. The zero-order valence-electron chi connectivity index (χ0n) is 78.6. The number of aliphatic hydroxyl groups excluding tert-OH is 7. The molecule has 5 heterocycles. The van der Waals surface area contributed by atoms with Crippen molar-refractivity contribution in [3.05, 3.63) is 36.9 Å². The molecule has 5 rings (SSSR count). The lowest BCUT2D eigenvalue weighted by Crippen LogP contribution is -2.39. The topological polar surface area (TPSA) is 716 Å². The largest absolute Gasteiger partial charge is 0.396 e. The molecule has 122 heavy (non-hydrogen) atoms. The number of likely N-dealkylation sites (N-methyl/N-ethyl adjacent to an activating group) is 1. The summed E-state index contributed by atoms with van der Waals surface area (Å²) in [6.07, 6.45) is 29.9. The van der Waals surface area contributed by atoms with Gasteiger partial charge in [0, 0.05) is 188 Å². The molecule has 0 bridgehead atoms. The van der Waals surface area contributed by atoms with Crippen LogP contribution in [0, 0.1) is 0 Å². The van der Waals surface area contributed by atoms with E-state index in [-0.39, 0.29) is 33.0 Å². The van der Waals surface area contributed by atoms with Crippen LogP contribution in [0.15, 0.2) is 31.2 Å². The fourth-order valence-electron chi connectivity index (χ4n) is 9.89. The minimum atomic E-state index is 0.125. The summed E-state index contributed by atoms with van der Waals surface area (Å²) < 4.78 is 12.4. The molecule has 3 fully saturated rings. The Hall–Kier alpha value is -3.02. The molecule has 3 aliphatic rings. The van der Waals surface area contributed by atoms with Crippen molar-refractivity contribution in [2.24, 2.45) is 97.5 Å². The van der Waals surface area contributed by atoms with Crippen molar-refractivity contribution in [2.45, 2.75) is 142 Å². The van der Waals surface area contributed by atoms with E-state index >= 15 is 0 Å². The van der Waals surface area contributed by atoms with Gasteiger partial charge in [0.2, 0.25) is 0 Å². The first kappa shape index (κ1) is 139. The Kier molecular flexibility index (Phi) is 161. The van der Waals surface area contributed by atoms with E-state index in [4.69, 9.17) is 143 Å². The molecule has 2 aromatic rings. The maximum Gasteiger partial charge on any atom is 0.0945 e. The van der Waals surface area contributed by atoms with Crippen LogP contribution in [0.4, 0.5) is 0 Å². The van der Waals surface area contributed by atoms with Crippen molar-refractivity contribution in [1.82, 2.24) is 70.2 Å². The van der Waals surface area contributed by atoms with Crippen LogP contribution in [0.1, 0.15) is 135 Å². The molecule has 0 radical (unpaired) electrons. The van der Waals surface area contributed by atoms with Crippen LogP contribution < -0.4 is 119 Å². The summed E-state index contributed by atoms with van der Waals surface area (Å²) in [7, 11) is 3.81. The summed E-state index contributed by atoms with van der Waals surface area (Å²) in [5.41, 5.74) is 89.8. The number of aromatic nitrogens is 4. The molecule has 0 unspecified atom stereocenters. The summed E-state index contributed by atoms with van der Waals surface area (Å²) in [5, 5.41) is 71.5. The van der Waals surface area contributed by atoms with Gasteiger partial charge in [0.05, 0.1) is 72.1 Å². The Bertz CT molecular complexity index is 1770. The molecule has 0 atom stereocenters. The van der Waals surface area contributed by atoms with Gasteiger partial charge in [-0.25, -0.2) is 9.97 Å². The average molecular weight is 1770 g/mol. The molecule has 40 nitrogen and oxygen atoms in total. The number of aryl methyl sites for hydroxylation is 1. The van der Waals surface area contributed by atoms with E-state index < -0.39 is 0 Å². The fourth-order valence-corrected chi connectivity index (χ4v) is 9.89. The minimum absolute atomic E-state index is 0.125. The maximum absolute atomic E-state index is 8.61. The van der Waals surface area contributed by atoms with Gasteiger partial charge in [0.15, 0.2) is 0 Å². The van der Waals surface area contributed by atoms with E-state index in [1.807, 2.05) is 34.7 Å². The Morgan fingerprint density at radius 1 is 0.344 bits per heavy atom. The molecule has 0 saturated carbocycles. The van der Waals surface area contributed by atoms with Crippen LogP contribution in [-0.4, -0.2) is 440 Å². The number of likely N-dealkylation sites (tertiary alicyclic amines) is 1. The summed E-state index contributed by atoms with van der Waals surface area (Å²) in [6, 6.07) is 0. The van der Waals surface area contributed by atoms with Gasteiger partial charge in [0.1, 0.15) is 0 Å². The van der Waals surface area contributed by atoms with Gasteiger partial charge in [-0.1, -0.05) is 26.7 Å². The second kappa shape index (κ2) is 141. The highest BCUT2D eigenvalue weighted by molar-refractivity contribution is 4.94. The van der Waals surface area contributed by atoms with Gasteiger partial charge >= 0.3 is 0 Å². The van der Waals surface area contributed by atoms with Crippen molar-refractivity contribution >= 4 is 0 Å². The molecule has 3 aliphatic heterocycles. The molecule has 0 amide bonds. The number of nitrogens with one attached hydrogen (secondary N) is 5. The van der Waals surface area contributed by atoms with Crippen molar-refractivity contribution in [3.63, 3.8) is 0 Å². The normalized spacial score (nSPS) is 12.6. The van der Waals surface area contributed by atoms with Crippen molar-refractivity contribution in [2.75, 3.05) is 355 Å². The van der Waals surface area contributed by atoms with Gasteiger partial charge in [0.25, 0.3) is 0 Å². The van der Waals surface area contributed by atoms with E-state index in [1.54, 1.807) is 25.0 Å². The average Bonchev–Trinajstić information content (AvgIpc) is 1.49. The zero-order valence-corrected chi connectivity index (χ0v) is 78.6. The number of ether oxygens (including phenoxy) is 2. The van der Waals surface area contributed by atoms with Gasteiger partial charge in [-0.2, -0.15) is 0 Å². The van der Waals surface area contributed by atoms with Gasteiger partial charge < -0.3 is 183 Å². The first-order valence-electron chi connectivity index (χ1n) is 45.9. The van der Waals surface area contributed by atoms with Crippen LogP contribution >= 0.6 is 0 Å². The number of piperidine rings is 1.